The number of amides is 1. The zero-order valence-electron chi connectivity index (χ0n) is 26.8. The minimum atomic E-state index is -2.58. The van der Waals surface area contributed by atoms with E-state index in [9.17, 15) is 59.8 Å². The van der Waals surface area contributed by atoms with E-state index in [-0.39, 0.29) is 44.3 Å². The number of Topliss-reactive ketones (excluding diaryl/α,β-unsaturated/α-hetero) is 1. The average molecular weight is 702 g/mol. The summed E-state index contributed by atoms with van der Waals surface area (Å²) in [6, 6.07) is -1.68. The first-order valence-electron chi connectivity index (χ1n) is 15.7. The first-order chi connectivity index (χ1) is 22.8. The van der Waals surface area contributed by atoms with E-state index >= 15 is 4.39 Å². The summed E-state index contributed by atoms with van der Waals surface area (Å²) in [5.74, 6) is -5.23. The standard InChI is InChI=1S/C30H40FN3O15/c1-27-9-8-17(36)10-16(27)6-7-19-20-11-22(37)30(42,28(20,2)12-23(38)29(19,27)31)24(39)15-47-26(41)21(13-35)32-25(40)5-3-4-18(49-34(45)46)14-48-33(43)44/h6,8-9,18-23,35,37-38,42H,3-5,7,10-15H2,1-2H3,(H,32,40)/t18?,19-,20-,21?,22+,23-,27-,28-,29-,30-/m0/s1. The van der Waals surface area contributed by atoms with Crippen LogP contribution in [-0.2, 0) is 33.6 Å². The Morgan fingerprint density at radius 2 is 1.84 bits per heavy atom. The van der Waals surface area contributed by atoms with E-state index in [1.165, 1.54) is 19.1 Å². The number of allylic oxidation sites excluding steroid dienone is 4. The molecule has 0 spiro atoms. The van der Waals surface area contributed by atoms with Crippen LogP contribution < -0.4 is 5.32 Å². The largest absolute Gasteiger partial charge is 0.456 e. The van der Waals surface area contributed by atoms with Crippen molar-refractivity contribution in [1.29, 1.82) is 0 Å². The molecule has 0 aromatic heterocycles. The van der Waals surface area contributed by atoms with Crippen molar-refractivity contribution in [2.75, 3.05) is 19.8 Å². The molecular weight excluding hydrogens is 661 g/mol. The SMILES string of the molecule is C[C@]12C=CC(=O)CC1=CC[C@H]1[C@@H]3C[C@@H](O)[C@](O)(C(=O)COC(=O)C(CO)NC(=O)CCCC(CO[N+](=O)[O-])O[N+](=O)[O-])[C@@]3(C)C[C@H](O)[C@@]12F. The van der Waals surface area contributed by atoms with Gasteiger partial charge in [0.25, 0.3) is 10.2 Å². The normalized spacial score (nSPS) is 35.8. The zero-order valence-corrected chi connectivity index (χ0v) is 26.8. The molecule has 0 heterocycles. The first kappa shape index (κ1) is 37.7. The van der Waals surface area contributed by atoms with Crippen molar-refractivity contribution >= 4 is 23.4 Å². The summed E-state index contributed by atoms with van der Waals surface area (Å²) in [5.41, 5.74) is -7.25. The van der Waals surface area contributed by atoms with Crippen LogP contribution in [0, 0.1) is 42.9 Å². The smallest absolute Gasteiger partial charge is 0.331 e. The van der Waals surface area contributed by atoms with Crippen LogP contribution in [0.15, 0.2) is 23.8 Å². The molecule has 0 aromatic carbocycles. The van der Waals surface area contributed by atoms with Crippen LogP contribution in [0.2, 0.25) is 0 Å². The van der Waals surface area contributed by atoms with E-state index in [2.05, 4.69) is 15.0 Å². The molecule has 0 saturated heterocycles. The Kier molecular flexibility index (Phi) is 10.8. The number of ether oxygens (including phenoxy) is 1. The van der Waals surface area contributed by atoms with Crippen molar-refractivity contribution in [3.63, 3.8) is 0 Å². The summed E-state index contributed by atoms with van der Waals surface area (Å²) >= 11 is 0. The van der Waals surface area contributed by atoms with Crippen LogP contribution >= 0.6 is 0 Å². The fourth-order valence-corrected chi connectivity index (χ4v) is 8.35. The van der Waals surface area contributed by atoms with Gasteiger partial charge in [0.2, 0.25) is 11.7 Å². The number of fused-ring (bicyclic) bond motifs is 5. The van der Waals surface area contributed by atoms with Gasteiger partial charge in [-0.25, -0.2) is 9.18 Å². The Balaban J connectivity index is 1.39. The third-order valence-electron chi connectivity index (χ3n) is 10.9. The number of carbonyl (C=O) groups excluding carboxylic acids is 4. The summed E-state index contributed by atoms with van der Waals surface area (Å²) in [7, 11) is 0. The topological polar surface area (TPSA) is 275 Å². The molecule has 10 atom stereocenters. The Hall–Kier alpha value is -4.07. The lowest BCUT2D eigenvalue weighted by molar-refractivity contribution is -0.790. The molecule has 4 rings (SSSR count). The van der Waals surface area contributed by atoms with Crippen LogP contribution in [0.1, 0.15) is 58.8 Å². The summed E-state index contributed by atoms with van der Waals surface area (Å²) < 4.78 is 22.3. The molecule has 18 nitrogen and oxygen atoms in total. The number of hydrogen-bond donors (Lipinski definition) is 5. The van der Waals surface area contributed by atoms with Crippen molar-refractivity contribution in [3.8, 4) is 0 Å². The quantitative estimate of drug-likeness (QED) is 0.0629. The number of halogens is 1. The predicted octanol–water partition coefficient (Wildman–Crippen LogP) is -0.396. The Bertz CT molecular complexity index is 1440. The average Bonchev–Trinajstić information content (AvgIpc) is 3.23. The van der Waals surface area contributed by atoms with Crippen molar-refractivity contribution in [2.24, 2.45) is 22.7 Å². The first-order valence-corrected chi connectivity index (χ1v) is 15.7. The van der Waals surface area contributed by atoms with Crippen molar-refractivity contribution in [1.82, 2.24) is 5.32 Å². The molecule has 19 heteroatoms. The summed E-state index contributed by atoms with van der Waals surface area (Å²) in [4.78, 5) is 79.9. The number of alkyl halides is 1. The van der Waals surface area contributed by atoms with E-state index in [0.29, 0.717) is 5.57 Å². The Labute approximate surface area is 278 Å². The maximum atomic E-state index is 17.3. The highest BCUT2D eigenvalue weighted by Crippen LogP contribution is 2.69. The van der Waals surface area contributed by atoms with E-state index in [1.807, 2.05) is 0 Å². The molecule has 0 bridgehead atoms. The molecule has 2 fully saturated rings. The van der Waals surface area contributed by atoms with Gasteiger partial charge in [0.05, 0.1) is 18.8 Å². The Morgan fingerprint density at radius 3 is 2.47 bits per heavy atom. The van der Waals surface area contributed by atoms with Gasteiger partial charge in [-0.1, -0.05) is 24.6 Å². The summed E-state index contributed by atoms with van der Waals surface area (Å²) in [5, 5.41) is 64.7. The minimum Gasteiger partial charge on any atom is -0.456 e. The lowest BCUT2D eigenvalue weighted by Crippen LogP contribution is -2.69. The van der Waals surface area contributed by atoms with Crippen molar-refractivity contribution in [2.45, 2.75) is 94.4 Å². The van der Waals surface area contributed by atoms with Crippen LogP contribution in [-0.4, -0.2) is 109 Å². The van der Waals surface area contributed by atoms with Crippen molar-refractivity contribution < 1.29 is 68.6 Å². The number of nitrogens with one attached hydrogen (secondary N) is 1. The fraction of sp³-hybridized carbons (Fsp3) is 0.733. The van der Waals surface area contributed by atoms with Gasteiger partial charge in [0, 0.05) is 29.6 Å². The highest BCUT2D eigenvalue weighted by Gasteiger charge is 2.76. The van der Waals surface area contributed by atoms with Gasteiger partial charge in [-0.2, -0.15) is 0 Å². The molecule has 0 aromatic rings. The van der Waals surface area contributed by atoms with Gasteiger partial charge < -0.3 is 40.2 Å². The summed E-state index contributed by atoms with van der Waals surface area (Å²) in [6.07, 6.45) is -1.63. The van der Waals surface area contributed by atoms with Crippen LogP contribution in [0.25, 0.3) is 0 Å². The summed E-state index contributed by atoms with van der Waals surface area (Å²) in [6.45, 7) is 0.191. The highest BCUT2D eigenvalue weighted by atomic mass is 19.1. The second-order valence-corrected chi connectivity index (χ2v) is 13.5. The number of aliphatic hydroxyl groups excluding tert-OH is 3. The van der Waals surface area contributed by atoms with Gasteiger partial charge in [-0.15, -0.1) is 20.2 Å². The number of ketones is 2. The fourth-order valence-electron chi connectivity index (χ4n) is 8.35. The lowest BCUT2D eigenvalue weighted by atomic mass is 9.45. The van der Waals surface area contributed by atoms with Gasteiger partial charge in [-0.3, -0.25) is 14.4 Å². The van der Waals surface area contributed by atoms with Crippen molar-refractivity contribution in [3.05, 3.63) is 44.0 Å². The molecule has 4 aliphatic carbocycles. The molecular formula is C30H40FN3O15. The molecule has 5 N–H and O–H groups in total. The maximum Gasteiger partial charge on any atom is 0.331 e. The number of carbonyl (C=O) groups is 4. The van der Waals surface area contributed by atoms with Gasteiger partial charge >= 0.3 is 5.97 Å². The number of rotatable bonds is 15. The van der Waals surface area contributed by atoms with Gasteiger partial charge in [0.1, 0.15) is 12.7 Å². The zero-order chi connectivity index (χ0) is 36.5. The second-order valence-electron chi connectivity index (χ2n) is 13.5. The van der Waals surface area contributed by atoms with Gasteiger partial charge in [-0.05, 0) is 51.0 Å². The number of esters is 1. The third kappa shape index (κ3) is 6.63. The van der Waals surface area contributed by atoms with E-state index in [4.69, 9.17) is 4.74 Å². The van der Waals surface area contributed by atoms with E-state index < -0.39 is 112 Å². The highest BCUT2D eigenvalue weighted by molar-refractivity contribution is 5.94. The predicted molar refractivity (Wildman–Crippen MR) is 158 cm³/mol. The maximum absolute atomic E-state index is 17.3. The molecule has 2 unspecified atom stereocenters. The lowest BCUT2D eigenvalue weighted by Gasteiger charge is -2.61. The molecule has 49 heavy (non-hydrogen) atoms. The molecule has 0 radical (unpaired) electrons. The van der Waals surface area contributed by atoms with E-state index in [1.54, 1.807) is 13.0 Å². The second kappa shape index (κ2) is 14.0. The van der Waals surface area contributed by atoms with E-state index in [0.717, 1.165) is 0 Å². The Morgan fingerprint density at radius 1 is 1.14 bits per heavy atom. The van der Waals surface area contributed by atoms with Crippen LogP contribution in [0.5, 0.6) is 0 Å². The number of hydrogen-bond acceptors (Lipinski definition) is 15. The molecule has 4 aliphatic rings. The van der Waals surface area contributed by atoms with Crippen LogP contribution in [0.4, 0.5) is 4.39 Å². The monoisotopic (exact) mass is 701 g/mol. The molecule has 2 saturated carbocycles. The molecule has 1 amide bonds. The molecule has 0 aliphatic heterocycles. The van der Waals surface area contributed by atoms with Gasteiger partial charge in [0.15, 0.2) is 29.7 Å². The number of nitrogens with zero attached hydrogens (tertiary/aromatic N) is 2. The number of aliphatic hydroxyl groups is 4. The third-order valence-corrected chi connectivity index (χ3v) is 10.9. The van der Waals surface area contributed by atoms with Crippen LogP contribution in [0.3, 0.4) is 0 Å². The molecule has 272 valence electrons. The minimum absolute atomic E-state index is 0.00739.